The van der Waals surface area contributed by atoms with E-state index in [2.05, 4.69) is 41.8 Å². The average Bonchev–Trinajstić information content (AvgIpc) is 2.70. The highest BCUT2D eigenvalue weighted by Crippen LogP contribution is 2.22. The minimum absolute atomic E-state index is 0.0878. The minimum atomic E-state index is -0.400. The van der Waals surface area contributed by atoms with Crippen molar-refractivity contribution in [3.8, 4) is 0 Å². The molecular formula is C22H23N3O2. The Morgan fingerprint density at radius 2 is 1.41 bits per heavy atom. The van der Waals surface area contributed by atoms with Gasteiger partial charge in [-0.05, 0) is 54.3 Å². The molecule has 0 bridgehead atoms. The summed E-state index contributed by atoms with van der Waals surface area (Å²) in [6.45, 7) is 3.15. The van der Waals surface area contributed by atoms with Crippen LogP contribution in [-0.2, 0) is 0 Å². The van der Waals surface area contributed by atoms with Crippen LogP contribution < -0.4 is 10.6 Å². The van der Waals surface area contributed by atoms with Crippen LogP contribution in [0.25, 0.3) is 0 Å². The molecule has 0 heterocycles. The number of nitro benzene ring substituents is 1. The van der Waals surface area contributed by atoms with E-state index in [1.54, 1.807) is 12.1 Å². The highest BCUT2D eigenvalue weighted by atomic mass is 16.6. The zero-order chi connectivity index (χ0) is 19.1. The van der Waals surface area contributed by atoms with Crippen LogP contribution in [0.3, 0.4) is 0 Å². The van der Waals surface area contributed by atoms with Crippen LogP contribution >= 0.6 is 0 Å². The standard InChI is InChI=1S/C22H23N3O2/c1-17(18-5-3-2-4-6-18)15-16-23-19-7-9-20(10-8-19)24-21-11-13-22(14-12-21)25(26)27/h2-14,17,23-24H,15-16H2,1H3. The monoisotopic (exact) mass is 361 g/mol. The second kappa shape index (κ2) is 8.85. The van der Waals surface area contributed by atoms with E-state index in [4.69, 9.17) is 0 Å². The number of hydrogen-bond donors (Lipinski definition) is 2. The third kappa shape index (κ3) is 5.31. The molecule has 5 nitrogen and oxygen atoms in total. The third-order valence-electron chi connectivity index (χ3n) is 4.53. The van der Waals surface area contributed by atoms with Crippen LogP contribution in [0.5, 0.6) is 0 Å². The molecule has 138 valence electrons. The van der Waals surface area contributed by atoms with Crippen LogP contribution in [0.1, 0.15) is 24.8 Å². The lowest BCUT2D eigenvalue weighted by Gasteiger charge is -2.13. The second-order valence-corrected chi connectivity index (χ2v) is 6.53. The summed E-state index contributed by atoms with van der Waals surface area (Å²) in [5.74, 6) is 0.516. The maximum Gasteiger partial charge on any atom is 0.269 e. The lowest BCUT2D eigenvalue weighted by molar-refractivity contribution is -0.384. The van der Waals surface area contributed by atoms with Crippen molar-refractivity contribution < 1.29 is 4.92 Å². The maximum atomic E-state index is 10.7. The largest absolute Gasteiger partial charge is 0.385 e. The lowest BCUT2D eigenvalue weighted by Crippen LogP contribution is -2.05. The number of nitro groups is 1. The van der Waals surface area contributed by atoms with Gasteiger partial charge < -0.3 is 10.6 Å². The normalized spacial score (nSPS) is 11.6. The highest BCUT2D eigenvalue weighted by molar-refractivity contribution is 5.63. The first-order chi connectivity index (χ1) is 13.1. The summed E-state index contributed by atoms with van der Waals surface area (Å²) in [6, 6.07) is 25.0. The molecule has 0 saturated heterocycles. The number of nitrogens with zero attached hydrogens (tertiary/aromatic N) is 1. The van der Waals surface area contributed by atoms with E-state index in [0.717, 1.165) is 30.0 Å². The Balaban J connectivity index is 1.49. The Kier molecular flexibility index (Phi) is 6.05. The summed E-state index contributed by atoms with van der Waals surface area (Å²) in [7, 11) is 0. The van der Waals surface area contributed by atoms with Gasteiger partial charge in [0, 0.05) is 35.7 Å². The zero-order valence-electron chi connectivity index (χ0n) is 15.3. The molecule has 0 aliphatic rings. The lowest BCUT2D eigenvalue weighted by atomic mass is 9.98. The molecule has 3 rings (SSSR count). The molecule has 0 aliphatic heterocycles. The number of benzene rings is 3. The average molecular weight is 361 g/mol. The Bertz CT molecular complexity index is 862. The first kappa shape index (κ1) is 18.5. The number of nitrogens with one attached hydrogen (secondary N) is 2. The number of rotatable bonds is 8. The van der Waals surface area contributed by atoms with Crippen LogP contribution in [0.4, 0.5) is 22.7 Å². The molecule has 3 aromatic rings. The number of anilines is 3. The van der Waals surface area contributed by atoms with Crippen LogP contribution in [0.15, 0.2) is 78.9 Å². The summed E-state index contributed by atoms with van der Waals surface area (Å²) >= 11 is 0. The SMILES string of the molecule is CC(CCNc1ccc(Nc2ccc([N+](=O)[O-])cc2)cc1)c1ccccc1. The molecule has 3 aromatic carbocycles. The van der Waals surface area contributed by atoms with E-state index in [1.807, 2.05) is 30.3 Å². The summed E-state index contributed by atoms with van der Waals surface area (Å²) < 4.78 is 0. The molecule has 0 amide bonds. The number of hydrogen-bond acceptors (Lipinski definition) is 4. The predicted molar refractivity (Wildman–Crippen MR) is 111 cm³/mol. The number of non-ortho nitro benzene ring substituents is 1. The first-order valence-electron chi connectivity index (χ1n) is 9.02. The first-order valence-corrected chi connectivity index (χ1v) is 9.02. The molecule has 0 saturated carbocycles. The molecule has 0 aliphatic carbocycles. The molecule has 0 spiro atoms. The highest BCUT2D eigenvalue weighted by Gasteiger charge is 2.05. The van der Waals surface area contributed by atoms with E-state index in [-0.39, 0.29) is 5.69 Å². The summed E-state index contributed by atoms with van der Waals surface area (Å²) in [5.41, 5.74) is 4.28. The van der Waals surface area contributed by atoms with Crippen molar-refractivity contribution in [3.63, 3.8) is 0 Å². The minimum Gasteiger partial charge on any atom is -0.385 e. The molecular weight excluding hydrogens is 338 g/mol. The Morgan fingerprint density at radius 3 is 2.00 bits per heavy atom. The van der Waals surface area contributed by atoms with E-state index < -0.39 is 4.92 Å². The quantitative estimate of drug-likeness (QED) is 0.385. The van der Waals surface area contributed by atoms with Gasteiger partial charge in [0.15, 0.2) is 0 Å². The molecule has 0 fully saturated rings. The van der Waals surface area contributed by atoms with Crippen molar-refractivity contribution >= 4 is 22.7 Å². The van der Waals surface area contributed by atoms with Gasteiger partial charge >= 0.3 is 0 Å². The molecule has 0 radical (unpaired) electrons. The van der Waals surface area contributed by atoms with Crippen molar-refractivity contribution in [1.29, 1.82) is 0 Å². The second-order valence-electron chi connectivity index (χ2n) is 6.53. The van der Waals surface area contributed by atoms with Gasteiger partial charge in [0.25, 0.3) is 5.69 Å². The fraction of sp³-hybridized carbons (Fsp3) is 0.182. The summed E-state index contributed by atoms with van der Waals surface area (Å²) in [6.07, 6.45) is 1.06. The molecule has 27 heavy (non-hydrogen) atoms. The fourth-order valence-electron chi connectivity index (χ4n) is 2.89. The summed E-state index contributed by atoms with van der Waals surface area (Å²) in [5, 5.41) is 17.4. The van der Waals surface area contributed by atoms with Gasteiger partial charge in [-0.15, -0.1) is 0 Å². The van der Waals surface area contributed by atoms with E-state index >= 15 is 0 Å². The van der Waals surface area contributed by atoms with Crippen molar-refractivity contribution in [2.45, 2.75) is 19.3 Å². The maximum absolute atomic E-state index is 10.7. The van der Waals surface area contributed by atoms with Crippen molar-refractivity contribution in [3.05, 3.63) is 94.5 Å². The van der Waals surface area contributed by atoms with Gasteiger partial charge in [-0.25, -0.2) is 0 Å². The van der Waals surface area contributed by atoms with Gasteiger partial charge in [0.2, 0.25) is 0 Å². The van der Waals surface area contributed by atoms with Gasteiger partial charge in [-0.2, -0.15) is 0 Å². The predicted octanol–water partition coefficient (Wildman–Crippen LogP) is 5.94. The Morgan fingerprint density at radius 1 is 0.852 bits per heavy atom. The van der Waals surface area contributed by atoms with E-state index in [9.17, 15) is 10.1 Å². The van der Waals surface area contributed by atoms with Crippen molar-refractivity contribution in [1.82, 2.24) is 0 Å². The smallest absolute Gasteiger partial charge is 0.269 e. The Labute approximate surface area is 159 Å². The van der Waals surface area contributed by atoms with Gasteiger partial charge in [0.05, 0.1) is 4.92 Å². The van der Waals surface area contributed by atoms with Crippen LogP contribution in [0, 0.1) is 10.1 Å². The zero-order valence-corrected chi connectivity index (χ0v) is 15.3. The summed E-state index contributed by atoms with van der Waals surface area (Å²) in [4.78, 5) is 10.3. The molecule has 0 aromatic heterocycles. The fourth-order valence-corrected chi connectivity index (χ4v) is 2.89. The molecule has 1 atom stereocenters. The van der Waals surface area contributed by atoms with Gasteiger partial charge in [0.1, 0.15) is 0 Å². The van der Waals surface area contributed by atoms with Gasteiger partial charge in [-0.1, -0.05) is 37.3 Å². The van der Waals surface area contributed by atoms with Crippen molar-refractivity contribution in [2.75, 3.05) is 17.2 Å². The third-order valence-corrected chi connectivity index (χ3v) is 4.53. The topological polar surface area (TPSA) is 67.2 Å². The molecule has 2 N–H and O–H groups in total. The Hall–Kier alpha value is -3.34. The van der Waals surface area contributed by atoms with Crippen LogP contribution in [0.2, 0.25) is 0 Å². The molecule has 1 unspecified atom stereocenters. The van der Waals surface area contributed by atoms with E-state index in [1.165, 1.54) is 17.7 Å². The van der Waals surface area contributed by atoms with Gasteiger partial charge in [-0.3, -0.25) is 10.1 Å². The van der Waals surface area contributed by atoms with Crippen molar-refractivity contribution in [2.24, 2.45) is 0 Å². The molecule has 5 heteroatoms. The van der Waals surface area contributed by atoms with Crippen LogP contribution in [-0.4, -0.2) is 11.5 Å². The van der Waals surface area contributed by atoms with E-state index in [0.29, 0.717) is 5.92 Å².